The summed E-state index contributed by atoms with van der Waals surface area (Å²) in [6.45, 7) is 4.13. The smallest absolute Gasteiger partial charge is 0.122 e. The van der Waals surface area contributed by atoms with Gasteiger partial charge < -0.3 is 10.5 Å². The van der Waals surface area contributed by atoms with Crippen LogP contribution in [0.25, 0.3) is 0 Å². The van der Waals surface area contributed by atoms with E-state index in [1.165, 1.54) is 10.5 Å². The third-order valence-electron chi connectivity index (χ3n) is 2.50. The molecule has 0 radical (unpaired) electrons. The first kappa shape index (κ1) is 12.4. The third kappa shape index (κ3) is 2.67. The topological polar surface area (TPSA) is 35.2 Å². The molecule has 0 fully saturated rings. The fourth-order valence-corrected chi connectivity index (χ4v) is 2.36. The SMILES string of the molecule is CCc1cc(SC)c(C(C)N)cc1OC. The van der Waals surface area contributed by atoms with Gasteiger partial charge in [-0.25, -0.2) is 0 Å². The summed E-state index contributed by atoms with van der Waals surface area (Å²) in [5, 5.41) is 0. The average molecular weight is 225 g/mol. The van der Waals surface area contributed by atoms with Crippen molar-refractivity contribution >= 4 is 11.8 Å². The monoisotopic (exact) mass is 225 g/mol. The van der Waals surface area contributed by atoms with E-state index in [2.05, 4.69) is 25.3 Å². The van der Waals surface area contributed by atoms with Crippen molar-refractivity contribution in [1.82, 2.24) is 0 Å². The fourth-order valence-electron chi connectivity index (χ4n) is 1.62. The molecule has 0 aromatic heterocycles. The highest BCUT2D eigenvalue weighted by molar-refractivity contribution is 7.98. The number of nitrogens with two attached hydrogens (primary N) is 1. The zero-order valence-corrected chi connectivity index (χ0v) is 10.6. The Morgan fingerprint density at radius 1 is 1.47 bits per heavy atom. The standard InChI is InChI=1S/C12H19NOS/c1-5-9-6-12(15-4)10(8(2)13)7-11(9)14-3/h6-8H,5,13H2,1-4H3. The molecule has 0 saturated heterocycles. The van der Waals surface area contributed by atoms with Gasteiger partial charge in [-0.3, -0.25) is 0 Å². The lowest BCUT2D eigenvalue weighted by Gasteiger charge is -2.15. The normalized spacial score (nSPS) is 12.6. The number of benzene rings is 1. The van der Waals surface area contributed by atoms with Gasteiger partial charge in [-0.05, 0) is 42.9 Å². The molecule has 0 aliphatic rings. The first-order chi connectivity index (χ1) is 7.13. The minimum Gasteiger partial charge on any atom is -0.496 e. The molecule has 0 amide bonds. The van der Waals surface area contributed by atoms with Crippen LogP contribution in [0.5, 0.6) is 5.75 Å². The van der Waals surface area contributed by atoms with Gasteiger partial charge in [0.05, 0.1) is 7.11 Å². The van der Waals surface area contributed by atoms with Gasteiger partial charge in [-0.15, -0.1) is 11.8 Å². The molecule has 1 atom stereocenters. The van der Waals surface area contributed by atoms with Gasteiger partial charge in [0.25, 0.3) is 0 Å². The van der Waals surface area contributed by atoms with Gasteiger partial charge in [-0.1, -0.05) is 6.92 Å². The van der Waals surface area contributed by atoms with Crippen molar-refractivity contribution in [2.75, 3.05) is 13.4 Å². The largest absolute Gasteiger partial charge is 0.496 e. The Bertz CT molecular complexity index is 337. The first-order valence-corrected chi connectivity index (χ1v) is 6.36. The van der Waals surface area contributed by atoms with Crippen LogP contribution in [0.1, 0.15) is 31.0 Å². The molecule has 0 aliphatic carbocycles. The number of rotatable bonds is 4. The average Bonchev–Trinajstić information content (AvgIpc) is 2.26. The Hall–Kier alpha value is -0.670. The van der Waals surface area contributed by atoms with Gasteiger partial charge in [0.2, 0.25) is 0 Å². The molecule has 0 heterocycles. The van der Waals surface area contributed by atoms with Crippen molar-refractivity contribution in [2.45, 2.75) is 31.2 Å². The van der Waals surface area contributed by atoms with E-state index in [1.54, 1.807) is 18.9 Å². The van der Waals surface area contributed by atoms with Crippen LogP contribution in [0.2, 0.25) is 0 Å². The number of methoxy groups -OCH3 is 1. The second kappa shape index (κ2) is 5.42. The Labute approximate surface area is 96.2 Å². The van der Waals surface area contributed by atoms with E-state index in [0.717, 1.165) is 17.7 Å². The Balaban J connectivity index is 3.27. The zero-order valence-electron chi connectivity index (χ0n) is 9.83. The molecule has 0 spiro atoms. The molecule has 84 valence electrons. The van der Waals surface area contributed by atoms with Gasteiger partial charge >= 0.3 is 0 Å². The molecule has 1 aromatic rings. The molecular formula is C12H19NOS. The fraction of sp³-hybridized carbons (Fsp3) is 0.500. The Morgan fingerprint density at radius 3 is 2.53 bits per heavy atom. The predicted molar refractivity (Wildman–Crippen MR) is 66.8 cm³/mol. The summed E-state index contributed by atoms with van der Waals surface area (Å²) in [4.78, 5) is 1.25. The summed E-state index contributed by atoms with van der Waals surface area (Å²) in [7, 11) is 1.71. The Kier molecular flexibility index (Phi) is 4.48. The number of ether oxygens (including phenoxy) is 1. The molecule has 15 heavy (non-hydrogen) atoms. The second-order valence-corrected chi connectivity index (χ2v) is 4.40. The van der Waals surface area contributed by atoms with Gasteiger partial charge in [0.15, 0.2) is 0 Å². The van der Waals surface area contributed by atoms with E-state index >= 15 is 0 Å². The van der Waals surface area contributed by atoms with Crippen LogP contribution in [-0.4, -0.2) is 13.4 Å². The maximum absolute atomic E-state index is 5.94. The molecular weight excluding hydrogens is 206 g/mol. The van der Waals surface area contributed by atoms with Crippen LogP contribution < -0.4 is 10.5 Å². The highest BCUT2D eigenvalue weighted by atomic mass is 32.2. The third-order valence-corrected chi connectivity index (χ3v) is 3.30. The number of hydrogen-bond donors (Lipinski definition) is 1. The quantitative estimate of drug-likeness (QED) is 0.800. The molecule has 2 N–H and O–H groups in total. The lowest BCUT2D eigenvalue weighted by molar-refractivity contribution is 0.408. The molecule has 0 bridgehead atoms. The maximum atomic E-state index is 5.94. The van der Waals surface area contributed by atoms with Crippen molar-refractivity contribution in [3.05, 3.63) is 23.3 Å². The van der Waals surface area contributed by atoms with Crippen molar-refractivity contribution in [2.24, 2.45) is 5.73 Å². The van der Waals surface area contributed by atoms with Crippen LogP contribution in [0.4, 0.5) is 0 Å². The number of hydrogen-bond acceptors (Lipinski definition) is 3. The maximum Gasteiger partial charge on any atom is 0.122 e. The van der Waals surface area contributed by atoms with Crippen molar-refractivity contribution < 1.29 is 4.74 Å². The van der Waals surface area contributed by atoms with Crippen LogP contribution in [0.3, 0.4) is 0 Å². The Morgan fingerprint density at radius 2 is 2.13 bits per heavy atom. The minimum absolute atomic E-state index is 0.0484. The molecule has 0 aliphatic heterocycles. The summed E-state index contributed by atoms with van der Waals surface area (Å²) < 4.78 is 5.36. The van der Waals surface area contributed by atoms with E-state index < -0.39 is 0 Å². The summed E-state index contributed by atoms with van der Waals surface area (Å²) in [6.07, 6.45) is 3.06. The lowest BCUT2D eigenvalue weighted by Crippen LogP contribution is -2.07. The van der Waals surface area contributed by atoms with Gasteiger partial charge in [0.1, 0.15) is 5.75 Å². The first-order valence-electron chi connectivity index (χ1n) is 5.14. The molecule has 1 unspecified atom stereocenters. The highest BCUT2D eigenvalue weighted by Crippen LogP contribution is 2.32. The van der Waals surface area contributed by atoms with Gasteiger partial charge in [-0.2, -0.15) is 0 Å². The van der Waals surface area contributed by atoms with Crippen LogP contribution in [-0.2, 0) is 6.42 Å². The van der Waals surface area contributed by atoms with Crippen molar-refractivity contribution in [3.63, 3.8) is 0 Å². The zero-order chi connectivity index (χ0) is 11.4. The number of thioether (sulfide) groups is 1. The van der Waals surface area contributed by atoms with Crippen molar-refractivity contribution in [3.8, 4) is 5.75 Å². The van der Waals surface area contributed by atoms with Crippen molar-refractivity contribution in [1.29, 1.82) is 0 Å². The van der Waals surface area contributed by atoms with E-state index in [4.69, 9.17) is 10.5 Å². The summed E-state index contributed by atoms with van der Waals surface area (Å²) >= 11 is 1.74. The van der Waals surface area contributed by atoms with Crippen LogP contribution in [0, 0.1) is 0 Å². The molecule has 1 rings (SSSR count). The van der Waals surface area contributed by atoms with E-state index in [-0.39, 0.29) is 6.04 Å². The molecule has 1 aromatic carbocycles. The summed E-state index contributed by atoms with van der Waals surface area (Å²) in [5.41, 5.74) is 8.34. The van der Waals surface area contributed by atoms with E-state index in [9.17, 15) is 0 Å². The number of aryl methyl sites for hydroxylation is 1. The van der Waals surface area contributed by atoms with E-state index in [0.29, 0.717) is 0 Å². The molecule has 0 saturated carbocycles. The summed E-state index contributed by atoms with van der Waals surface area (Å²) in [5.74, 6) is 0.947. The highest BCUT2D eigenvalue weighted by Gasteiger charge is 2.11. The minimum atomic E-state index is 0.0484. The second-order valence-electron chi connectivity index (χ2n) is 3.55. The van der Waals surface area contributed by atoms with Crippen LogP contribution in [0.15, 0.2) is 17.0 Å². The van der Waals surface area contributed by atoms with Crippen LogP contribution >= 0.6 is 11.8 Å². The predicted octanol–water partition coefficient (Wildman–Crippen LogP) is 3.00. The lowest BCUT2D eigenvalue weighted by atomic mass is 10.0. The molecule has 3 heteroatoms. The van der Waals surface area contributed by atoms with E-state index in [1.807, 2.05) is 6.92 Å². The van der Waals surface area contributed by atoms with Gasteiger partial charge in [0, 0.05) is 10.9 Å². The summed E-state index contributed by atoms with van der Waals surface area (Å²) in [6, 6.07) is 4.30. The molecule has 2 nitrogen and oxygen atoms in total.